The van der Waals surface area contributed by atoms with Crippen LogP contribution in [0.1, 0.15) is 18.8 Å². The maximum atomic E-state index is 11.4. The van der Waals surface area contributed by atoms with Crippen molar-refractivity contribution in [3.05, 3.63) is 35.9 Å². The number of aliphatic hydroxyl groups is 1. The predicted octanol–water partition coefficient (Wildman–Crippen LogP) is 0.337. The molecule has 2 fully saturated rings. The molecule has 1 aromatic carbocycles. The predicted molar refractivity (Wildman–Crippen MR) is 79.3 cm³/mol. The number of hydrogen-bond donors (Lipinski definition) is 2. The number of hydrogen-bond acceptors (Lipinski definition) is 6. The summed E-state index contributed by atoms with van der Waals surface area (Å²) in [4.78, 5) is 11.4. The Balaban J connectivity index is 1.76. The van der Waals surface area contributed by atoms with Gasteiger partial charge >= 0.3 is 0 Å². The van der Waals surface area contributed by atoms with E-state index in [2.05, 4.69) is 5.32 Å². The van der Waals surface area contributed by atoms with Crippen molar-refractivity contribution in [2.45, 2.75) is 43.9 Å². The Hall–Kier alpha value is -1.51. The first-order valence-electron chi connectivity index (χ1n) is 7.55. The second kappa shape index (κ2) is 6.94. The second-order valence-corrected chi connectivity index (χ2v) is 5.67. The van der Waals surface area contributed by atoms with Gasteiger partial charge in [-0.15, -0.1) is 0 Å². The summed E-state index contributed by atoms with van der Waals surface area (Å²) in [5.41, 5.74) is 0.864. The lowest BCUT2D eigenvalue weighted by Crippen LogP contribution is -2.66. The van der Waals surface area contributed by atoms with Crippen molar-refractivity contribution in [3.8, 4) is 0 Å². The number of fused-ring (bicyclic) bond motifs is 1. The Morgan fingerprint density at radius 2 is 2.04 bits per heavy atom. The molecule has 2 saturated heterocycles. The normalized spacial score (nSPS) is 37.0. The van der Waals surface area contributed by atoms with Crippen molar-refractivity contribution in [1.82, 2.24) is 5.32 Å². The van der Waals surface area contributed by atoms with E-state index in [0.717, 1.165) is 5.56 Å². The van der Waals surface area contributed by atoms with E-state index in [9.17, 15) is 9.90 Å². The van der Waals surface area contributed by atoms with E-state index in [4.69, 9.17) is 18.9 Å². The first kappa shape index (κ1) is 16.4. The van der Waals surface area contributed by atoms with Crippen molar-refractivity contribution in [3.63, 3.8) is 0 Å². The van der Waals surface area contributed by atoms with E-state index >= 15 is 0 Å². The number of rotatable bonds is 3. The van der Waals surface area contributed by atoms with Crippen LogP contribution in [0.4, 0.5) is 0 Å². The van der Waals surface area contributed by atoms with E-state index in [0.29, 0.717) is 0 Å². The molecule has 0 bridgehead atoms. The van der Waals surface area contributed by atoms with Crippen LogP contribution in [0.15, 0.2) is 30.3 Å². The molecular weight excluding hydrogens is 302 g/mol. The van der Waals surface area contributed by atoms with Crippen LogP contribution in [0, 0.1) is 0 Å². The molecule has 126 valence electrons. The molecule has 6 atom stereocenters. The molecule has 0 aromatic heterocycles. The number of ether oxygens (including phenoxy) is 4. The number of carbonyl (C=O) groups excluding carboxylic acids is 1. The summed E-state index contributed by atoms with van der Waals surface area (Å²) < 4.78 is 22.6. The molecule has 23 heavy (non-hydrogen) atoms. The molecule has 0 unspecified atom stereocenters. The second-order valence-electron chi connectivity index (χ2n) is 5.67. The Bertz CT molecular complexity index is 539. The third-order valence-corrected chi connectivity index (χ3v) is 4.04. The monoisotopic (exact) mass is 323 g/mol. The van der Waals surface area contributed by atoms with Crippen LogP contribution in [0.2, 0.25) is 0 Å². The summed E-state index contributed by atoms with van der Waals surface area (Å²) in [5.74, 6) is -0.273. The van der Waals surface area contributed by atoms with Crippen molar-refractivity contribution in [1.29, 1.82) is 0 Å². The number of methoxy groups -OCH3 is 1. The zero-order chi connectivity index (χ0) is 16.4. The van der Waals surface area contributed by atoms with Crippen molar-refractivity contribution >= 4 is 5.91 Å². The SMILES string of the molecule is CO[C@@H]1O[C@@H]2CO[C@H](c3ccccc3)O[C@@H]2[C@H](O)[C@@H]1NC(C)=O. The summed E-state index contributed by atoms with van der Waals surface area (Å²) in [6.45, 7) is 1.65. The van der Waals surface area contributed by atoms with E-state index in [1.165, 1.54) is 14.0 Å². The largest absolute Gasteiger partial charge is 0.388 e. The van der Waals surface area contributed by atoms with Gasteiger partial charge in [-0.05, 0) is 0 Å². The maximum Gasteiger partial charge on any atom is 0.217 e. The fourth-order valence-electron chi connectivity index (χ4n) is 2.96. The zero-order valence-electron chi connectivity index (χ0n) is 13.0. The molecule has 1 aromatic rings. The van der Waals surface area contributed by atoms with Gasteiger partial charge in [0, 0.05) is 19.6 Å². The standard InChI is InChI=1S/C16H21NO6/c1-9(18)17-12-13(19)14-11(22-16(12)20-2)8-21-15(23-14)10-6-4-3-5-7-10/h3-7,11-16,19H,8H2,1-2H3,(H,17,18)/t11-,12+,13-,14+,15+,16-/m1/s1. The van der Waals surface area contributed by atoms with E-state index in [-0.39, 0.29) is 12.5 Å². The van der Waals surface area contributed by atoms with Gasteiger partial charge < -0.3 is 29.4 Å². The third-order valence-electron chi connectivity index (χ3n) is 4.04. The summed E-state index contributed by atoms with van der Waals surface area (Å²) in [5, 5.41) is 13.3. The topological polar surface area (TPSA) is 86.2 Å². The number of aliphatic hydroxyl groups excluding tert-OH is 1. The molecule has 0 radical (unpaired) electrons. The molecule has 3 rings (SSSR count). The van der Waals surface area contributed by atoms with Gasteiger partial charge in [0.05, 0.1) is 6.61 Å². The van der Waals surface area contributed by atoms with Crippen LogP contribution in [0.3, 0.4) is 0 Å². The molecule has 7 nitrogen and oxygen atoms in total. The number of carbonyl (C=O) groups is 1. The number of nitrogens with one attached hydrogen (secondary N) is 1. The van der Waals surface area contributed by atoms with Crippen LogP contribution >= 0.6 is 0 Å². The smallest absolute Gasteiger partial charge is 0.217 e. The molecule has 7 heteroatoms. The van der Waals surface area contributed by atoms with Crippen molar-refractivity contribution in [2.24, 2.45) is 0 Å². The Morgan fingerprint density at radius 1 is 1.30 bits per heavy atom. The Labute approximate surface area is 134 Å². The van der Waals surface area contributed by atoms with Gasteiger partial charge in [0.1, 0.15) is 24.4 Å². The van der Waals surface area contributed by atoms with Crippen LogP contribution < -0.4 is 5.32 Å². The highest BCUT2D eigenvalue weighted by molar-refractivity contribution is 5.73. The van der Waals surface area contributed by atoms with Crippen molar-refractivity contribution < 1.29 is 28.8 Å². The van der Waals surface area contributed by atoms with Gasteiger partial charge in [0.2, 0.25) is 5.91 Å². The molecule has 2 N–H and O–H groups in total. The van der Waals surface area contributed by atoms with Crippen LogP contribution in [-0.2, 0) is 23.7 Å². The van der Waals surface area contributed by atoms with Gasteiger partial charge in [0.15, 0.2) is 12.6 Å². The lowest BCUT2D eigenvalue weighted by molar-refractivity contribution is -0.341. The van der Waals surface area contributed by atoms with Gasteiger partial charge in [-0.2, -0.15) is 0 Å². The molecule has 0 spiro atoms. The summed E-state index contributed by atoms with van der Waals surface area (Å²) in [7, 11) is 1.46. The zero-order valence-corrected chi connectivity index (χ0v) is 13.0. The minimum absolute atomic E-state index is 0.272. The molecule has 0 saturated carbocycles. The highest BCUT2D eigenvalue weighted by atomic mass is 16.7. The summed E-state index contributed by atoms with van der Waals surface area (Å²) in [6, 6.07) is 8.78. The highest BCUT2D eigenvalue weighted by Crippen LogP contribution is 2.34. The number of benzene rings is 1. The van der Waals surface area contributed by atoms with E-state index in [1.54, 1.807) is 0 Å². The minimum atomic E-state index is -0.960. The van der Waals surface area contributed by atoms with Crippen LogP contribution in [-0.4, -0.2) is 55.4 Å². The summed E-state index contributed by atoms with van der Waals surface area (Å²) in [6.07, 6.45) is -3.36. The summed E-state index contributed by atoms with van der Waals surface area (Å²) >= 11 is 0. The maximum absolute atomic E-state index is 11.4. The first-order valence-corrected chi connectivity index (χ1v) is 7.55. The molecule has 1 amide bonds. The van der Waals surface area contributed by atoms with E-state index < -0.39 is 36.9 Å². The van der Waals surface area contributed by atoms with Gasteiger partial charge in [-0.3, -0.25) is 4.79 Å². The lowest BCUT2D eigenvalue weighted by atomic mass is 9.95. The van der Waals surface area contributed by atoms with Gasteiger partial charge in [-0.25, -0.2) is 0 Å². The third kappa shape index (κ3) is 3.39. The van der Waals surface area contributed by atoms with E-state index in [1.807, 2.05) is 30.3 Å². The Kier molecular flexibility index (Phi) is 4.93. The fraction of sp³-hybridized carbons (Fsp3) is 0.562. The average molecular weight is 323 g/mol. The fourth-order valence-corrected chi connectivity index (χ4v) is 2.96. The molecule has 2 aliphatic heterocycles. The molecule has 2 aliphatic rings. The lowest BCUT2D eigenvalue weighted by Gasteiger charge is -2.47. The quantitative estimate of drug-likeness (QED) is 0.834. The van der Waals surface area contributed by atoms with Crippen LogP contribution in [0.25, 0.3) is 0 Å². The van der Waals surface area contributed by atoms with Crippen molar-refractivity contribution in [2.75, 3.05) is 13.7 Å². The first-order chi connectivity index (χ1) is 11.1. The van der Waals surface area contributed by atoms with Gasteiger partial charge in [0.25, 0.3) is 0 Å². The highest BCUT2D eigenvalue weighted by Gasteiger charge is 2.49. The molecular formula is C16H21NO6. The van der Waals surface area contributed by atoms with Gasteiger partial charge in [-0.1, -0.05) is 30.3 Å². The van der Waals surface area contributed by atoms with Crippen LogP contribution in [0.5, 0.6) is 0 Å². The minimum Gasteiger partial charge on any atom is -0.388 e. The molecule has 0 aliphatic carbocycles. The molecule has 2 heterocycles. The Morgan fingerprint density at radius 3 is 2.70 bits per heavy atom. The average Bonchev–Trinajstić information content (AvgIpc) is 2.57. The number of amides is 1.